The van der Waals surface area contributed by atoms with Crippen molar-refractivity contribution in [1.82, 2.24) is 0 Å². The summed E-state index contributed by atoms with van der Waals surface area (Å²) < 4.78 is 10.7. The fraction of sp³-hybridized carbons (Fsp3) is 0.818. The van der Waals surface area contributed by atoms with Crippen LogP contribution in [0, 0.1) is 0 Å². The molecule has 3 nitrogen and oxygen atoms in total. The molecule has 0 aromatic rings. The summed E-state index contributed by atoms with van der Waals surface area (Å²) in [4.78, 5) is 0. The van der Waals surface area contributed by atoms with Gasteiger partial charge in [0.2, 0.25) is 0 Å². The highest BCUT2D eigenvalue weighted by atomic mass is 16.5. The molecule has 1 unspecified atom stereocenters. The maximum absolute atomic E-state index is 5.55. The number of rotatable bonds is 6. The molecular weight excluding hydrogens is 178 g/mol. The van der Waals surface area contributed by atoms with Crippen molar-refractivity contribution in [3.8, 4) is 0 Å². The first-order chi connectivity index (χ1) is 6.86. The lowest BCUT2D eigenvalue weighted by atomic mass is 10.1. The second-order valence-corrected chi connectivity index (χ2v) is 3.70. The highest BCUT2D eigenvalue weighted by Gasteiger charge is 2.13. The molecule has 0 aliphatic carbocycles. The van der Waals surface area contributed by atoms with E-state index in [0.29, 0.717) is 12.7 Å². The first-order valence-electron chi connectivity index (χ1n) is 5.37. The summed E-state index contributed by atoms with van der Waals surface area (Å²) >= 11 is 0. The van der Waals surface area contributed by atoms with Crippen LogP contribution in [0.5, 0.6) is 0 Å². The fourth-order valence-corrected chi connectivity index (χ4v) is 1.72. The molecule has 1 fully saturated rings. The van der Waals surface area contributed by atoms with E-state index in [-0.39, 0.29) is 0 Å². The fourth-order valence-electron chi connectivity index (χ4n) is 1.72. The minimum absolute atomic E-state index is 0.318. The summed E-state index contributed by atoms with van der Waals surface area (Å²) in [6, 6.07) is 0. The normalized spacial score (nSPS) is 23.0. The van der Waals surface area contributed by atoms with Crippen molar-refractivity contribution >= 4 is 0 Å². The Balaban J connectivity index is 2.37. The molecule has 2 N–H and O–H groups in total. The van der Waals surface area contributed by atoms with E-state index in [1.807, 2.05) is 0 Å². The van der Waals surface area contributed by atoms with Crippen molar-refractivity contribution in [1.29, 1.82) is 0 Å². The Kier molecular flexibility index (Phi) is 5.83. The molecule has 0 spiro atoms. The standard InChI is InChI=1S/C11H21NO2/c1-13-9-10(4-2-6-12)8-11-5-3-7-14-11/h8,11H,2-7,9,12H2,1H3. The molecule has 0 bridgehead atoms. The van der Waals surface area contributed by atoms with Gasteiger partial charge in [0.05, 0.1) is 12.7 Å². The van der Waals surface area contributed by atoms with Gasteiger partial charge in [0, 0.05) is 13.7 Å². The SMILES string of the molecule is COCC(=CC1CCCO1)CCCN. The molecule has 1 aliphatic heterocycles. The van der Waals surface area contributed by atoms with Gasteiger partial charge in [-0.25, -0.2) is 0 Å². The Morgan fingerprint density at radius 1 is 1.64 bits per heavy atom. The molecule has 0 aromatic heterocycles. The summed E-state index contributed by atoms with van der Waals surface area (Å²) in [7, 11) is 1.73. The highest BCUT2D eigenvalue weighted by molar-refractivity contribution is 5.06. The van der Waals surface area contributed by atoms with Gasteiger partial charge in [-0.2, -0.15) is 0 Å². The molecule has 0 saturated carbocycles. The molecule has 1 atom stereocenters. The predicted molar refractivity (Wildman–Crippen MR) is 57.2 cm³/mol. The Bertz CT molecular complexity index is 174. The van der Waals surface area contributed by atoms with Gasteiger partial charge in [0.25, 0.3) is 0 Å². The zero-order valence-electron chi connectivity index (χ0n) is 9.00. The molecule has 1 rings (SSSR count). The van der Waals surface area contributed by atoms with Crippen LogP contribution in [0.2, 0.25) is 0 Å². The lowest BCUT2D eigenvalue weighted by molar-refractivity contribution is 0.143. The Morgan fingerprint density at radius 3 is 3.07 bits per heavy atom. The van der Waals surface area contributed by atoms with Gasteiger partial charge in [-0.15, -0.1) is 0 Å². The van der Waals surface area contributed by atoms with E-state index in [2.05, 4.69) is 6.08 Å². The molecule has 14 heavy (non-hydrogen) atoms. The monoisotopic (exact) mass is 199 g/mol. The van der Waals surface area contributed by atoms with Gasteiger partial charge in [0.15, 0.2) is 0 Å². The van der Waals surface area contributed by atoms with E-state index < -0.39 is 0 Å². The van der Waals surface area contributed by atoms with E-state index in [1.165, 1.54) is 12.0 Å². The Morgan fingerprint density at radius 2 is 2.50 bits per heavy atom. The van der Waals surface area contributed by atoms with E-state index in [0.717, 1.165) is 32.4 Å². The van der Waals surface area contributed by atoms with Gasteiger partial charge < -0.3 is 15.2 Å². The molecule has 0 radical (unpaired) electrons. The van der Waals surface area contributed by atoms with E-state index in [1.54, 1.807) is 7.11 Å². The summed E-state index contributed by atoms with van der Waals surface area (Å²) in [5, 5.41) is 0. The molecule has 82 valence electrons. The summed E-state index contributed by atoms with van der Waals surface area (Å²) in [5.74, 6) is 0. The second-order valence-electron chi connectivity index (χ2n) is 3.70. The van der Waals surface area contributed by atoms with Crippen molar-refractivity contribution in [2.24, 2.45) is 5.73 Å². The van der Waals surface area contributed by atoms with Crippen molar-refractivity contribution in [3.63, 3.8) is 0 Å². The van der Waals surface area contributed by atoms with Crippen LogP contribution in [-0.4, -0.2) is 33.0 Å². The zero-order chi connectivity index (χ0) is 10.2. The van der Waals surface area contributed by atoms with Crippen molar-refractivity contribution < 1.29 is 9.47 Å². The minimum Gasteiger partial charge on any atom is -0.380 e. The second kappa shape index (κ2) is 6.98. The summed E-state index contributed by atoms with van der Waals surface area (Å²) in [6.07, 6.45) is 6.92. The van der Waals surface area contributed by atoms with Crippen LogP contribution < -0.4 is 5.73 Å². The maximum atomic E-state index is 5.55. The van der Waals surface area contributed by atoms with Crippen LogP contribution >= 0.6 is 0 Å². The van der Waals surface area contributed by atoms with Gasteiger partial charge >= 0.3 is 0 Å². The lowest BCUT2D eigenvalue weighted by Crippen LogP contribution is -2.06. The predicted octanol–water partition coefficient (Wildman–Crippen LogP) is 1.48. The van der Waals surface area contributed by atoms with Crippen molar-refractivity contribution in [2.45, 2.75) is 31.8 Å². The maximum Gasteiger partial charge on any atom is 0.0760 e. The number of ether oxygens (including phenoxy) is 2. The Labute approximate surface area is 86.3 Å². The third-order valence-corrected chi connectivity index (χ3v) is 2.42. The third-order valence-electron chi connectivity index (χ3n) is 2.42. The first kappa shape index (κ1) is 11.7. The van der Waals surface area contributed by atoms with Crippen molar-refractivity contribution in [3.05, 3.63) is 11.6 Å². The van der Waals surface area contributed by atoms with Crippen LogP contribution in [-0.2, 0) is 9.47 Å². The third kappa shape index (κ3) is 4.22. The molecule has 0 aromatic carbocycles. The lowest BCUT2D eigenvalue weighted by Gasteiger charge is -2.09. The average Bonchev–Trinajstić information content (AvgIpc) is 2.67. The number of hydrogen-bond donors (Lipinski definition) is 1. The van der Waals surface area contributed by atoms with Crippen LogP contribution in [0.25, 0.3) is 0 Å². The van der Waals surface area contributed by atoms with Crippen LogP contribution in [0.4, 0.5) is 0 Å². The smallest absolute Gasteiger partial charge is 0.0760 e. The van der Waals surface area contributed by atoms with Gasteiger partial charge in [0.1, 0.15) is 0 Å². The van der Waals surface area contributed by atoms with Crippen molar-refractivity contribution in [2.75, 3.05) is 26.9 Å². The Hall–Kier alpha value is -0.380. The zero-order valence-corrected chi connectivity index (χ0v) is 9.00. The van der Waals surface area contributed by atoms with Gasteiger partial charge in [-0.3, -0.25) is 0 Å². The molecule has 1 aliphatic rings. The summed E-state index contributed by atoms with van der Waals surface area (Å²) in [6.45, 7) is 2.35. The largest absolute Gasteiger partial charge is 0.380 e. The molecule has 3 heteroatoms. The van der Waals surface area contributed by atoms with Crippen LogP contribution in [0.15, 0.2) is 11.6 Å². The molecule has 1 heterocycles. The number of methoxy groups -OCH3 is 1. The first-order valence-corrected chi connectivity index (χ1v) is 5.37. The van der Waals surface area contributed by atoms with Crippen LogP contribution in [0.3, 0.4) is 0 Å². The quantitative estimate of drug-likeness (QED) is 0.659. The molecule has 0 amide bonds. The minimum atomic E-state index is 0.318. The van der Waals surface area contributed by atoms with E-state index >= 15 is 0 Å². The highest BCUT2D eigenvalue weighted by Crippen LogP contribution is 2.16. The average molecular weight is 199 g/mol. The number of hydrogen-bond acceptors (Lipinski definition) is 3. The number of nitrogens with two attached hydrogens (primary N) is 1. The summed E-state index contributed by atoms with van der Waals surface area (Å²) in [5.41, 5.74) is 6.81. The van der Waals surface area contributed by atoms with Gasteiger partial charge in [-0.1, -0.05) is 6.08 Å². The van der Waals surface area contributed by atoms with Crippen LogP contribution in [0.1, 0.15) is 25.7 Å². The molecule has 1 saturated heterocycles. The van der Waals surface area contributed by atoms with Gasteiger partial charge in [-0.05, 0) is 37.8 Å². The topological polar surface area (TPSA) is 44.5 Å². The van der Waals surface area contributed by atoms with E-state index in [4.69, 9.17) is 15.2 Å². The van der Waals surface area contributed by atoms with E-state index in [9.17, 15) is 0 Å². The molecular formula is C11H21NO2.